The maximum atomic E-state index is 13.5. The highest BCUT2D eigenvalue weighted by molar-refractivity contribution is 7.16. The monoisotopic (exact) mass is 563 g/mol. The number of anilines is 1. The first-order valence-corrected chi connectivity index (χ1v) is 14.6. The highest BCUT2D eigenvalue weighted by atomic mass is 32.1. The van der Waals surface area contributed by atoms with Crippen LogP contribution >= 0.6 is 11.3 Å². The van der Waals surface area contributed by atoms with Gasteiger partial charge in [-0.3, -0.25) is 14.9 Å². The van der Waals surface area contributed by atoms with E-state index >= 15 is 0 Å². The lowest BCUT2D eigenvalue weighted by molar-refractivity contribution is -0.384. The van der Waals surface area contributed by atoms with Gasteiger partial charge in [0.15, 0.2) is 0 Å². The van der Waals surface area contributed by atoms with Crippen molar-refractivity contribution in [3.05, 3.63) is 74.0 Å². The molecule has 2 aromatic heterocycles. The molecule has 2 aliphatic rings. The molecule has 10 heteroatoms. The number of carbonyl (C=O) groups excluding carboxylic acids is 1. The molecule has 1 N–H and O–H groups in total. The second-order valence-electron chi connectivity index (χ2n) is 11.8. The number of hydrogen-bond acceptors (Lipinski definition) is 8. The number of furan rings is 1. The summed E-state index contributed by atoms with van der Waals surface area (Å²) in [6.07, 6.45) is 6.00. The van der Waals surface area contributed by atoms with Crippen molar-refractivity contribution in [2.75, 3.05) is 38.1 Å². The lowest BCUT2D eigenvalue weighted by Crippen LogP contribution is -2.44. The summed E-state index contributed by atoms with van der Waals surface area (Å²) >= 11 is 1.56. The van der Waals surface area contributed by atoms with E-state index in [1.807, 2.05) is 18.2 Å². The van der Waals surface area contributed by atoms with Crippen molar-refractivity contribution in [2.24, 2.45) is 16.3 Å². The van der Waals surface area contributed by atoms with Crippen LogP contribution in [0.5, 0.6) is 0 Å². The Hall–Kier alpha value is -3.50. The molecule has 5 rings (SSSR count). The van der Waals surface area contributed by atoms with Crippen LogP contribution in [-0.2, 0) is 19.4 Å². The number of carbonyl (C=O) groups is 1. The Morgan fingerprint density at radius 1 is 1.25 bits per heavy atom. The van der Waals surface area contributed by atoms with E-state index in [1.165, 1.54) is 4.88 Å². The van der Waals surface area contributed by atoms with Crippen molar-refractivity contribution in [3.63, 3.8) is 0 Å². The minimum Gasteiger partial charge on any atom is -0.467 e. The summed E-state index contributed by atoms with van der Waals surface area (Å²) in [5, 5.41) is 15.6. The average Bonchev–Trinajstić information content (AvgIpc) is 3.58. The smallest absolute Gasteiger partial charge is 0.293 e. The van der Waals surface area contributed by atoms with Gasteiger partial charge in [0.1, 0.15) is 16.4 Å². The number of piperazine rings is 1. The van der Waals surface area contributed by atoms with E-state index in [1.54, 1.807) is 35.9 Å². The zero-order chi connectivity index (χ0) is 28.4. The normalized spacial score (nSPS) is 18.2. The van der Waals surface area contributed by atoms with E-state index in [0.717, 1.165) is 51.0 Å². The van der Waals surface area contributed by atoms with Crippen LogP contribution in [0.1, 0.15) is 59.3 Å². The van der Waals surface area contributed by atoms with Crippen LogP contribution < -0.4 is 10.2 Å². The van der Waals surface area contributed by atoms with Gasteiger partial charge in [0.2, 0.25) is 0 Å². The molecule has 1 aromatic carbocycles. The number of amides is 1. The highest BCUT2D eigenvalue weighted by Gasteiger charge is 2.33. The molecular formula is C30H37N5O4S. The molecule has 0 unspecified atom stereocenters. The van der Waals surface area contributed by atoms with Crippen molar-refractivity contribution in [2.45, 2.75) is 46.6 Å². The standard InChI is InChI=1S/C30H37N5O4S/c1-30(2,3)21-8-9-23-26(17-21)40-29(27(23)28(36)31-19-22-6-5-15-39-22)32-18-20-7-10-24(25(16-20)35(37)38)34-13-11-33(4)12-14-34/h5-7,10,15-16,18,21H,8-9,11-14,17,19H2,1-4H3,(H,31,36)/t21-/m0/s1. The fourth-order valence-corrected chi connectivity index (χ4v) is 6.79. The number of nitro groups is 1. The van der Waals surface area contributed by atoms with E-state index in [0.29, 0.717) is 40.0 Å². The van der Waals surface area contributed by atoms with Crippen LogP contribution in [-0.4, -0.2) is 55.2 Å². The van der Waals surface area contributed by atoms with Crippen LogP contribution in [0.25, 0.3) is 0 Å². The summed E-state index contributed by atoms with van der Waals surface area (Å²) in [5.74, 6) is 1.04. The number of hydrogen-bond donors (Lipinski definition) is 1. The van der Waals surface area contributed by atoms with E-state index in [4.69, 9.17) is 9.41 Å². The largest absolute Gasteiger partial charge is 0.467 e. The Morgan fingerprint density at radius 2 is 2.02 bits per heavy atom. The second kappa shape index (κ2) is 11.5. The van der Waals surface area contributed by atoms with Crippen molar-refractivity contribution in [1.82, 2.24) is 10.2 Å². The lowest BCUT2D eigenvalue weighted by Gasteiger charge is -2.33. The molecule has 1 aliphatic heterocycles. The molecule has 9 nitrogen and oxygen atoms in total. The summed E-state index contributed by atoms with van der Waals surface area (Å²) in [6.45, 7) is 10.3. The topological polar surface area (TPSA) is 104 Å². The van der Waals surface area contributed by atoms with Crippen LogP contribution in [0.15, 0.2) is 46.0 Å². The predicted molar refractivity (Wildman–Crippen MR) is 159 cm³/mol. The molecule has 3 aromatic rings. The summed E-state index contributed by atoms with van der Waals surface area (Å²) in [5.41, 5.74) is 3.20. The molecule has 3 heterocycles. The van der Waals surface area contributed by atoms with Gasteiger partial charge >= 0.3 is 0 Å². The maximum Gasteiger partial charge on any atom is 0.293 e. The number of nitro benzene ring substituents is 1. The highest BCUT2D eigenvalue weighted by Crippen LogP contribution is 2.45. The number of benzene rings is 1. The van der Waals surface area contributed by atoms with Crippen molar-refractivity contribution >= 4 is 39.8 Å². The van der Waals surface area contributed by atoms with Gasteiger partial charge in [-0.05, 0) is 67.0 Å². The quantitative estimate of drug-likeness (QED) is 0.220. The molecule has 0 radical (unpaired) electrons. The third-order valence-electron chi connectivity index (χ3n) is 8.07. The van der Waals surface area contributed by atoms with Gasteiger partial charge in [-0.1, -0.05) is 26.8 Å². The summed E-state index contributed by atoms with van der Waals surface area (Å²) in [6, 6.07) is 8.88. The molecule has 0 saturated carbocycles. The Balaban J connectivity index is 1.44. The third kappa shape index (κ3) is 6.13. The van der Waals surface area contributed by atoms with E-state index in [2.05, 4.69) is 42.9 Å². The fourth-order valence-electron chi connectivity index (χ4n) is 5.52. The third-order valence-corrected chi connectivity index (χ3v) is 9.24. The Bertz CT molecular complexity index is 1400. The van der Waals surface area contributed by atoms with Crippen LogP contribution in [0, 0.1) is 21.4 Å². The van der Waals surface area contributed by atoms with Gasteiger partial charge in [-0.2, -0.15) is 0 Å². The van der Waals surface area contributed by atoms with Crippen LogP contribution in [0.3, 0.4) is 0 Å². The molecule has 1 amide bonds. The molecule has 1 aliphatic carbocycles. The zero-order valence-corrected chi connectivity index (χ0v) is 24.4. The van der Waals surface area contributed by atoms with Gasteiger partial charge in [0.05, 0.1) is 23.3 Å². The molecule has 212 valence electrons. The van der Waals surface area contributed by atoms with Gasteiger partial charge in [-0.25, -0.2) is 4.99 Å². The predicted octanol–water partition coefficient (Wildman–Crippen LogP) is 5.83. The molecule has 40 heavy (non-hydrogen) atoms. The Kier molecular flexibility index (Phi) is 8.09. The number of nitrogens with one attached hydrogen (secondary N) is 1. The van der Waals surface area contributed by atoms with Crippen molar-refractivity contribution in [1.29, 1.82) is 0 Å². The first kappa shape index (κ1) is 28.0. The van der Waals surface area contributed by atoms with E-state index in [9.17, 15) is 14.9 Å². The van der Waals surface area contributed by atoms with Crippen LogP contribution in [0.4, 0.5) is 16.4 Å². The Morgan fingerprint density at radius 3 is 2.70 bits per heavy atom. The zero-order valence-electron chi connectivity index (χ0n) is 23.6. The summed E-state index contributed by atoms with van der Waals surface area (Å²) in [7, 11) is 2.06. The first-order chi connectivity index (χ1) is 19.1. The van der Waals surface area contributed by atoms with Gasteiger partial charge < -0.3 is 19.5 Å². The molecule has 1 saturated heterocycles. The number of nitrogens with zero attached hydrogens (tertiary/aromatic N) is 4. The minimum absolute atomic E-state index is 0.0726. The van der Waals surface area contributed by atoms with E-state index < -0.39 is 0 Å². The summed E-state index contributed by atoms with van der Waals surface area (Å²) in [4.78, 5) is 35.4. The molecule has 0 spiro atoms. The molecule has 0 bridgehead atoms. The number of rotatable bonds is 7. The van der Waals surface area contributed by atoms with Gasteiger partial charge in [0.25, 0.3) is 11.6 Å². The average molecular weight is 564 g/mol. The minimum atomic E-state index is -0.324. The van der Waals surface area contributed by atoms with Crippen molar-refractivity contribution < 1.29 is 14.1 Å². The molecular weight excluding hydrogens is 526 g/mol. The number of likely N-dealkylation sites (N-methyl/N-ethyl adjacent to an activating group) is 1. The van der Waals surface area contributed by atoms with E-state index in [-0.39, 0.29) is 21.9 Å². The fraction of sp³-hybridized carbons (Fsp3) is 0.467. The maximum absolute atomic E-state index is 13.5. The molecule has 1 atom stereocenters. The number of fused-ring (bicyclic) bond motifs is 1. The molecule has 1 fully saturated rings. The Labute approximate surface area is 239 Å². The van der Waals surface area contributed by atoms with Gasteiger partial charge in [0, 0.05) is 43.3 Å². The number of thiophene rings is 1. The second-order valence-corrected chi connectivity index (χ2v) is 12.9. The van der Waals surface area contributed by atoms with Crippen LogP contribution in [0.2, 0.25) is 0 Å². The summed E-state index contributed by atoms with van der Waals surface area (Å²) < 4.78 is 5.39. The van der Waals surface area contributed by atoms with Crippen molar-refractivity contribution in [3.8, 4) is 0 Å². The number of aliphatic imine (C=N–C) groups is 1. The lowest BCUT2D eigenvalue weighted by atomic mass is 9.72. The SMILES string of the molecule is CN1CCN(c2ccc(C=Nc3sc4c(c3C(=O)NCc3ccco3)CC[C@H](C(C)(C)C)C4)cc2[N+](=O)[O-])CC1. The first-order valence-electron chi connectivity index (χ1n) is 13.8. The van der Waals surface area contributed by atoms with Gasteiger partial charge in [-0.15, -0.1) is 11.3 Å².